The molecule has 0 spiro atoms. The molecule has 2 aliphatic rings. The van der Waals surface area contributed by atoms with E-state index in [1.165, 1.54) is 17.0 Å². The molecule has 25 heavy (non-hydrogen) atoms. The summed E-state index contributed by atoms with van der Waals surface area (Å²) in [6.07, 6.45) is -4.40. The molecule has 0 radical (unpaired) electrons. The van der Waals surface area contributed by atoms with Crippen molar-refractivity contribution in [3.63, 3.8) is 0 Å². The highest BCUT2D eigenvalue weighted by molar-refractivity contribution is 7.92. The van der Waals surface area contributed by atoms with E-state index < -0.39 is 39.1 Å². The number of nitrogens with zero attached hydrogens (tertiary/aromatic N) is 1. The predicted octanol–water partition coefficient (Wildman–Crippen LogP) is 1.61. The van der Waals surface area contributed by atoms with Gasteiger partial charge >= 0.3 is 6.36 Å². The van der Waals surface area contributed by atoms with Gasteiger partial charge in [-0.05, 0) is 30.7 Å². The van der Waals surface area contributed by atoms with Gasteiger partial charge in [-0.1, -0.05) is 0 Å². The van der Waals surface area contributed by atoms with Gasteiger partial charge in [-0.15, -0.1) is 13.2 Å². The molecule has 2 atom stereocenters. The molecule has 0 aromatic heterocycles. The molecule has 0 bridgehead atoms. The lowest BCUT2D eigenvalue weighted by atomic mass is 10.0. The lowest BCUT2D eigenvalue weighted by Gasteiger charge is -2.43. The first-order valence-corrected chi connectivity index (χ1v) is 9.35. The SMILES string of the molecule is O=C(c1ccc(OC(F)(F)F)cc1)N1CCS(=O)(=O)[C@H]2COCC[C@@H]21. The molecule has 6 nitrogen and oxygen atoms in total. The maximum atomic E-state index is 12.7. The van der Waals surface area contributed by atoms with Crippen molar-refractivity contribution >= 4 is 15.7 Å². The molecule has 10 heteroatoms. The molecule has 0 unspecified atom stereocenters. The van der Waals surface area contributed by atoms with E-state index in [4.69, 9.17) is 4.74 Å². The Morgan fingerprint density at radius 2 is 1.92 bits per heavy atom. The minimum atomic E-state index is -4.80. The summed E-state index contributed by atoms with van der Waals surface area (Å²) in [5.41, 5.74) is 0.180. The first-order chi connectivity index (χ1) is 11.7. The zero-order valence-corrected chi connectivity index (χ0v) is 13.8. The van der Waals surface area contributed by atoms with Crippen LogP contribution < -0.4 is 4.74 Å². The number of alkyl halides is 3. The number of ether oxygens (including phenoxy) is 2. The molecular formula is C15H16F3NO5S. The van der Waals surface area contributed by atoms with Crippen molar-refractivity contribution in [1.29, 1.82) is 0 Å². The monoisotopic (exact) mass is 379 g/mol. The van der Waals surface area contributed by atoms with Gasteiger partial charge in [-0.3, -0.25) is 4.79 Å². The van der Waals surface area contributed by atoms with Gasteiger partial charge in [0.2, 0.25) is 0 Å². The van der Waals surface area contributed by atoms with Crippen LogP contribution in [0.2, 0.25) is 0 Å². The maximum Gasteiger partial charge on any atom is 0.573 e. The number of halogens is 3. The Bertz CT molecular complexity index is 747. The van der Waals surface area contributed by atoms with Crippen LogP contribution in [0.5, 0.6) is 5.75 Å². The Hall–Kier alpha value is -1.81. The van der Waals surface area contributed by atoms with Crippen molar-refractivity contribution in [2.45, 2.75) is 24.1 Å². The number of hydrogen-bond acceptors (Lipinski definition) is 5. The first-order valence-electron chi connectivity index (χ1n) is 7.63. The summed E-state index contributed by atoms with van der Waals surface area (Å²) < 4.78 is 69.9. The van der Waals surface area contributed by atoms with Crippen LogP contribution in [-0.2, 0) is 14.6 Å². The van der Waals surface area contributed by atoms with Crippen LogP contribution in [0.25, 0.3) is 0 Å². The van der Waals surface area contributed by atoms with Crippen molar-refractivity contribution in [1.82, 2.24) is 4.90 Å². The lowest BCUT2D eigenvalue weighted by molar-refractivity contribution is -0.274. The smallest absolute Gasteiger partial charge is 0.406 e. The quantitative estimate of drug-likeness (QED) is 0.781. The predicted molar refractivity (Wildman–Crippen MR) is 81.0 cm³/mol. The standard InChI is InChI=1S/C15H16F3NO5S/c16-15(17,18)24-11-3-1-10(2-4-11)14(20)19-6-8-25(21,22)13-9-23-7-5-12(13)19/h1-4,12-13H,5-9H2/t12-,13-/m0/s1. The number of hydrogen-bond donors (Lipinski definition) is 0. The highest BCUT2D eigenvalue weighted by Gasteiger charge is 2.45. The largest absolute Gasteiger partial charge is 0.573 e. The summed E-state index contributed by atoms with van der Waals surface area (Å²) in [4.78, 5) is 14.2. The van der Waals surface area contributed by atoms with E-state index in [2.05, 4.69) is 4.74 Å². The van der Waals surface area contributed by atoms with E-state index in [0.29, 0.717) is 13.0 Å². The molecule has 0 N–H and O–H groups in total. The Kier molecular flexibility index (Phi) is 4.67. The minimum absolute atomic E-state index is 0.0507. The van der Waals surface area contributed by atoms with Gasteiger partial charge in [-0.25, -0.2) is 8.42 Å². The molecule has 1 aromatic rings. The lowest BCUT2D eigenvalue weighted by Crippen LogP contribution is -2.60. The average Bonchev–Trinajstić information content (AvgIpc) is 2.54. The van der Waals surface area contributed by atoms with E-state index in [1.54, 1.807) is 0 Å². The van der Waals surface area contributed by atoms with Gasteiger partial charge in [0.15, 0.2) is 9.84 Å². The third-order valence-corrected chi connectivity index (χ3v) is 6.47. The second kappa shape index (κ2) is 6.49. The van der Waals surface area contributed by atoms with Gasteiger partial charge in [0.05, 0.1) is 18.4 Å². The fraction of sp³-hybridized carbons (Fsp3) is 0.533. The molecule has 0 saturated carbocycles. The van der Waals surface area contributed by atoms with Crippen molar-refractivity contribution in [3.8, 4) is 5.75 Å². The van der Waals surface area contributed by atoms with E-state index in [1.807, 2.05) is 0 Å². The highest BCUT2D eigenvalue weighted by Crippen LogP contribution is 2.28. The molecule has 1 amide bonds. The Morgan fingerprint density at radius 3 is 2.56 bits per heavy atom. The van der Waals surface area contributed by atoms with E-state index in [0.717, 1.165) is 12.1 Å². The van der Waals surface area contributed by atoms with Crippen LogP contribution in [0, 0.1) is 0 Å². The van der Waals surface area contributed by atoms with Crippen molar-refractivity contribution < 1.29 is 35.9 Å². The zero-order valence-electron chi connectivity index (χ0n) is 13.0. The third-order valence-electron chi connectivity index (χ3n) is 4.34. The number of carbonyl (C=O) groups excluding carboxylic acids is 1. The van der Waals surface area contributed by atoms with Crippen molar-refractivity contribution in [2.24, 2.45) is 0 Å². The second-order valence-corrected chi connectivity index (χ2v) is 8.25. The van der Waals surface area contributed by atoms with Crippen LogP contribution in [0.1, 0.15) is 16.8 Å². The minimum Gasteiger partial charge on any atom is -0.406 e. The number of amides is 1. The Morgan fingerprint density at radius 1 is 1.24 bits per heavy atom. The number of carbonyl (C=O) groups is 1. The molecular weight excluding hydrogens is 363 g/mol. The van der Waals surface area contributed by atoms with Crippen LogP contribution >= 0.6 is 0 Å². The van der Waals surface area contributed by atoms with Crippen molar-refractivity contribution in [3.05, 3.63) is 29.8 Å². The van der Waals surface area contributed by atoms with Gasteiger partial charge in [0.1, 0.15) is 11.0 Å². The molecule has 2 heterocycles. The summed E-state index contributed by atoms with van der Waals surface area (Å²) in [5.74, 6) is -0.988. The number of sulfone groups is 1. The van der Waals surface area contributed by atoms with E-state index >= 15 is 0 Å². The molecule has 2 saturated heterocycles. The first kappa shape index (κ1) is 18.0. The highest BCUT2D eigenvalue weighted by atomic mass is 32.2. The van der Waals surface area contributed by atoms with Crippen LogP contribution in [0.4, 0.5) is 13.2 Å². The summed E-state index contributed by atoms with van der Waals surface area (Å²) in [5, 5.41) is -0.758. The molecule has 0 aliphatic carbocycles. The van der Waals surface area contributed by atoms with Gasteiger partial charge in [0, 0.05) is 18.7 Å². The van der Waals surface area contributed by atoms with Gasteiger partial charge in [0.25, 0.3) is 5.91 Å². The Balaban J connectivity index is 1.78. The van der Waals surface area contributed by atoms with Crippen LogP contribution in [-0.4, -0.2) is 62.4 Å². The van der Waals surface area contributed by atoms with Crippen LogP contribution in [0.3, 0.4) is 0 Å². The molecule has 1 aromatic carbocycles. The molecule has 3 rings (SSSR count). The Labute approximate surface area is 142 Å². The van der Waals surface area contributed by atoms with E-state index in [-0.39, 0.29) is 24.5 Å². The zero-order chi connectivity index (χ0) is 18.2. The number of benzene rings is 1. The number of rotatable bonds is 2. The van der Waals surface area contributed by atoms with Gasteiger partial charge < -0.3 is 14.4 Å². The fourth-order valence-corrected chi connectivity index (χ4v) is 4.98. The molecule has 138 valence electrons. The maximum absolute atomic E-state index is 12.7. The third kappa shape index (κ3) is 3.90. The summed E-state index contributed by atoms with van der Waals surface area (Å²) in [6, 6.07) is 4.11. The van der Waals surface area contributed by atoms with Crippen LogP contribution in [0.15, 0.2) is 24.3 Å². The molecule has 2 fully saturated rings. The van der Waals surface area contributed by atoms with Crippen molar-refractivity contribution in [2.75, 3.05) is 25.5 Å². The summed E-state index contributed by atoms with van der Waals surface area (Å²) in [6.45, 7) is 0.469. The normalized spacial score (nSPS) is 26.0. The van der Waals surface area contributed by atoms with E-state index in [9.17, 15) is 26.4 Å². The molecule has 2 aliphatic heterocycles. The summed E-state index contributed by atoms with van der Waals surface area (Å²) >= 11 is 0. The fourth-order valence-electron chi connectivity index (χ4n) is 3.16. The average molecular weight is 379 g/mol. The second-order valence-electron chi connectivity index (χ2n) is 5.91. The topological polar surface area (TPSA) is 72.9 Å². The summed E-state index contributed by atoms with van der Waals surface area (Å²) in [7, 11) is -3.32. The van der Waals surface area contributed by atoms with Gasteiger partial charge in [-0.2, -0.15) is 0 Å². The number of fused-ring (bicyclic) bond motifs is 1.